The summed E-state index contributed by atoms with van der Waals surface area (Å²) < 4.78 is 6.30. The van der Waals surface area contributed by atoms with Crippen LogP contribution in [0.1, 0.15) is 5.56 Å². The first kappa shape index (κ1) is 12.9. The first-order chi connectivity index (χ1) is 8.81. The number of nitrogens with zero attached hydrogens (tertiary/aromatic N) is 1. The normalized spacial score (nSPS) is 10.1. The second-order valence-electron chi connectivity index (χ2n) is 3.84. The lowest BCUT2D eigenvalue weighted by molar-refractivity contribution is 0.410. The van der Waals surface area contributed by atoms with Crippen LogP contribution < -0.4 is 10.1 Å². The molecule has 0 spiro atoms. The van der Waals surface area contributed by atoms with Crippen LogP contribution in [0.25, 0.3) is 0 Å². The van der Waals surface area contributed by atoms with E-state index in [1.54, 1.807) is 19.5 Å². The van der Waals surface area contributed by atoms with Gasteiger partial charge >= 0.3 is 0 Å². The second-order valence-corrected chi connectivity index (χ2v) is 4.70. The minimum Gasteiger partial charge on any atom is -0.496 e. The van der Waals surface area contributed by atoms with Crippen LogP contribution in [0.15, 0.2) is 47.2 Å². The molecule has 0 radical (unpaired) electrons. The summed E-state index contributed by atoms with van der Waals surface area (Å²) in [6.07, 6.45) is 4.47. The van der Waals surface area contributed by atoms with Gasteiger partial charge in [-0.05, 0) is 40.0 Å². The van der Waals surface area contributed by atoms with E-state index in [1.165, 1.54) is 5.56 Å². The Bertz CT molecular complexity index is 517. The topological polar surface area (TPSA) is 34.1 Å². The van der Waals surface area contributed by atoms with Gasteiger partial charge in [0.1, 0.15) is 5.75 Å². The quantitative estimate of drug-likeness (QED) is 0.918. The second kappa shape index (κ2) is 6.40. The number of pyridine rings is 1. The molecule has 18 heavy (non-hydrogen) atoms. The van der Waals surface area contributed by atoms with Gasteiger partial charge < -0.3 is 10.1 Å². The lowest BCUT2D eigenvalue weighted by Gasteiger charge is -2.10. The van der Waals surface area contributed by atoms with E-state index in [0.29, 0.717) is 0 Å². The van der Waals surface area contributed by atoms with Gasteiger partial charge in [0.25, 0.3) is 0 Å². The maximum absolute atomic E-state index is 5.32. The maximum Gasteiger partial charge on any atom is 0.122 e. The number of rotatable bonds is 5. The molecule has 2 rings (SSSR count). The van der Waals surface area contributed by atoms with Crippen molar-refractivity contribution in [2.75, 3.05) is 19.0 Å². The summed E-state index contributed by atoms with van der Waals surface area (Å²) in [5.74, 6) is 0.938. The molecule has 1 aromatic carbocycles. The smallest absolute Gasteiger partial charge is 0.122 e. The summed E-state index contributed by atoms with van der Waals surface area (Å²) in [6, 6.07) is 10.0. The summed E-state index contributed by atoms with van der Waals surface area (Å²) in [7, 11) is 1.70. The van der Waals surface area contributed by atoms with Gasteiger partial charge in [0, 0.05) is 18.9 Å². The van der Waals surface area contributed by atoms with Crippen molar-refractivity contribution in [3.8, 4) is 5.75 Å². The number of hydrogen-bond donors (Lipinski definition) is 1. The number of nitrogens with one attached hydrogen (secondary N) is 1. The van der Waals surface area contributed by atoms with E-state index in [0.717, 1.165) is 28.9 Å². The molecule has 0 unspecified atom stereocenters. The van der Waals surface area contributed by atoms with Crippen LogP contribution in [0, 0.1) is 0 Å². The van der Waals surface area contributed by atoms with Gasteiger partial charge in [0.2, 0.25) is 0 Å². The van der Waals surface area contributed by atoms with Crippen molar-refractivity contribution in [2.45, 2.75) is 6.42 Å². The van der Waals surface area contributed by atoms with Crippen molar-refractivity contribution in [3.63, 3.8) is 0 Å². The number of benzene rings is 1. The first-order valence-electron chi connectivity index (χ1n) is 5.76. The summed E-state index contributed by atoms with van der Waals surface area (Å²) in [6.45, 7) is 0.850. The predicted octanol–water partition coefficient (Wildman–Crippen LogP) is 3.51. The van der Waals surface area contributed by atoms with Crippen LogP contribution in [0.4, 0.5) is 5.69 Å². The third-order valence-corrected chi connectivity index (χ3v) is 3.31. The van der Waals surface area contributed by atoms with Gasteiger partial charge in [-0.2, -0.15) is 0 Å². The fourth-order valence-corrected chi connectivity index (χ4v) is 2.15. The predicted molar refractivity (Wildman–Crippen MR) is 77.1 cm³/mol. The van der Waals surface area contributed by atoms with Crippen molar-refractivity contribution in [1.29, 1.82) is 0 Å². The lowest BCUT2D eigenvalue weighted by Crippen LogP contribution is -2.06. The lowest BCUT2D eigenvalue weighted by atomic mass is 10.1. The zero-order chi connectivity index (χ0) is 12.8. The number of ether oxygens (including phenoxy) is 1. The van der Waals surface area contributed by atoms with Crippen molar-refractivity contribution in [3.05, 3.63) is 52.8 Å². The zero-order valence-electron chi connectivity index (χ0n) is 10.2. The highest BCUT2D eigenvalue weighted by Gasteiger charge is 2.02. The highest BCUT2D eigenvalue weighted by molar-refractivity contribution is 9.10. The first-order valence-corrected chi connectivity index (χ1v) is 6.56. The summed E-state index contributed by atoms with van der Waals surface area (Å²) in [5, 5.41) is 3.37. The molecular formula is C14H15BrN2O. The standard InChI is InChI=1S/C14H15BrN2O/c1-18-14-5-3-2-4-11(14)6-9-17-13-7-8-16-10-12(13)15/h2-5,7-8,10H,6,9H2,1H3,(H,16,17). The summed E-state index contributed by atoms with van der Waals surface area (Å²) in [5.41, 5.74) is 2.26. The highest BCUT2D eigenvalue weighted by Crippen LogP contribution is 2.21. The van der Waals surface area contributed by atoms with Crippen LogP contribution >= 0.6 is 15.9 Å². The van der Waals surface area contributed by atoms with Gasteiger partial charge in [0.15, 0.2) is 0 Å². The molecule has 1 aromatic heterocycles. The number of methoxy groups -OCH3 is 1. The van der Waals surface area contributed by atoms with E-state index < -0.39 is 0 Å². The molecule has 0 bridgehead atoms. The van der Waals surface area contributed by atoms with Crippen molar-refractivity contribution in [2.24, 2.45) is 0 Å². The number of halogens is 1. The molecule has 1 heterocycles. The number of para-hydroxylation sites is 1. The molecule has 1 N–H and O–H groups in total. The van der Waals surface area contributed by atoms with Crippen LogP contribution in [0.5, 0.6) is 5.75 Å². The Morgan fingerprint density at radius 2 is 2.11 bits per heavy atom. The van der Waals surface area contributed by atoms with Gasteiger partial charge in [-0.25, -0.2) is 0 Å². The molecule has 94 valence electrons. The number of aromatic nitrogens is 1. The largest absolute Gasteiger partial charge is 0.496 e. The maximum atomic E-state index is 5.32. The van der Waals surface area contributed by atoms with Crippen LogP contribution in [-0.4, -0.2) is 18.6 Å². The Labute approximate surface area is 115 Å². The fraction of sp³-hybridized carbons (Fsp3) is 0.214. The molecule has 0 amide bonds. The van der Waals surface area contributed by atoms with Crippen LogP contribution in [0.2, 0.25) is 0 Å². The average molecular weight is 307 g/mol. The Balaban J connectivity index is 1.95. The summed E-state index contributed by atoms with van der Waals surface area (Å²) in [4.78, 5) is 4.03. The van der Waals surface area contributed by atoms with E-state index in [-0.39, 0.29) is 0 Å². The van der Waals surface area contributed by atoms with Crippen molar-refractivity contribution in [1.82, 2.24) is 4.98 Å². The third kappa shape index (κ3) is 3.23. The monoisotopic (exact) mass is 306 g/mol. The minimum atomic E-state index is 0.850. The Hall–Kier alpha value is -1.55. The highest BCUT2D eigenvalue weighted by atomic mass is 79.9. The van der Waals surface area contributed by atoms with Gasteiger partial charge in [-0.15, -0.1) is 0 Å². The SMILES string of the molecule is COc1ccccc1CCNc1ccncc1Br. The molecule has 0 aliphatic rings. The Morgan fingerprint density at radius 3 is 2.89 bits per heavy atom. The molecule has 0 saturated carbocycles. The molecule has 0 aliphatic carbocycles. The van der Waals surface area contributed by atoms with Gasteiger partial charge in [-0.3, -0.25) is 4.98 Å². The molecule has 0 atom stereocenters. The van der Waals surface area contributed by atoms with E-state index in [4.69, 9.17) is 4.74 Å². The molecule has 3 nitrogen and oxygen atoms in total. The van der Waals surface area contributed by atoms with E-state index in [2.05, 4.69) is 32.3 Å². The van der Waals surface area contributed by atoms with Gasteiger partial charge in [0.05, 0.1) is 17.3 Å². The van der Waals surface area contributed by atoms with E-state index in [1.807, 2.05) is 24.3 Å². The Kier molecular flexibility index (Phi) is 4.59. The molecule has 0 fully saturated rings. The minimum absolute atomic E-state index is 0.850. The van der Waals surface area contributed by atoms with Gasteiger partial charge in [-0.1, -0.05) is 18.2 Å². The average Bonchev–Trinajstić information content (AvgIpc) is 2.41. The molecular weight excluding hydrogens is 292 g/mol. The van der Waals surface area contributed by atoms with E-state index in [9.17, 15) is 0 Å². The zero-order valence-corrected chi connectivity index (χ0v) is 11.8. The Morgan fingerprint density at radius 1 is 1.28 bits per heavy atom. The summed E-state index contributed by atoms with van der Waals surface area (Å²) >= 11 is 3.46. The van der Waals surface area contributed by atoms with E-state index >= 15 is 0 Å². The molecule has 0 aliphatic heterocycles. The fourth-order valence-electron chi connectivity index (χ4n) is 1.76. The third-order valence-electron chi connectivity index (χ3n) is 2.67. The molecule has 4 heteroatoms. The van der Waals surface area contributed by atoms with Crippen molar-refractivity contribution < 1.29 is 4.74 Å². The van der Waals surface area contributed by atoms with Crippen LogP contribution in [-0.2, 0) is 6.42 Å². The van der Waals surface area contributed by atoms with Crippen LogP contribution in [0.3, 0.4) is 0 Å². The van der Waals surface area contributed by atoms with Crippen molar-refractivity contribution >= 4 is 21.6 Å². The number of hydrogen-bond acceptors (Lipinski definition) is 3. The number of anilines is 1. The molecule has 0 saturated heterocycles. The molecule has 2 aromatic rings.